The summed E-state index contributed by atoms with van der Waals surface area (Å²) in [5.74, 6) is 0.592. The molecule has 0 fully saturated rings. The Balaban J connectivity index is 2.12. The Bertz CT molecular complexity index is 978. The van der Waals surface area contributed by atoms with Gasteiger partial charge in [-0.05, 0) is 26.3 Å². The molecule has 0 atom stereocenters. The Kier molecular flexibility index (Phi) is 5.00. The fourth-order valence-electron chi connectivity index (χ4n) is 2.70. The highest BCUT2D eigenvalue weighted by molar-refractivity contribution is 5.93. The first kappa shape index (κ1) is 18.3. The van der Waals surface area contributed by atoms with Gasteiger partial charge in [0.05, 0.1) is 0 Å². The van der Waals surface area contributed by atoms with E-state index >= 15 is 0 Å². The van der Waals surface area contributed by atoms with Gasteiger partial charge >= 0.3 is 6.09 Å². The summed E-state index contributed by atoms with van der Waals surface area (Å²) in [6.45, 7) is 5.31. The van der Waals surface area contributed by atoms with Gasteiger partial charge in [0.2, 0.25) is 5.88 Å². The van der Waals surface area contributed by atoms with Crippen LogP contribution in [0.5, 0.6) is 0 Å². The number of rotatable bonds is 3. The number of amides is 1. The molecule has 1 heterocycles. The third kappa shape index (κ3) is 4.18. The van der Waals surface area contributed by atoms with Crippen LogP contribution in [0.4, 0.5) is 10.7 Å². The Morgan fingerprint density at radius 1 is 1.00 bits per heavy atom. The van der Waals surface area contributed by atoms with Crippen molar-refractivity contribution in [2.75, 3.05) is 5.32 Å². The molecule has 1 N–H and O–H groups in total. The highest BCUT2D eigenvalue weighted by Crippen LogP contribution is 2.41. The number of hydrogen-bond acceptors (Lipinski definition) is 4. The van der Waals surface area contributed by atoms with Gasteiger partial charge < -0.3 is 9.15 Å². The molecule has 5 heteroatoms. The lowest BCUT2D eigenvalue weighted by molar-refractivity contribution is 0.0632. The van der Waals surface area contributed by atoms with Crippen LogP contribution >= 0.6 is 0 Å². The maximum Gasteiger partial charge on any atom is 0.414 e. The second-order valence-electron chi connectivity index (χ2n) is 6.98. The van der Waals surface area contributed by atoms with Gasteiger partial charge in [-0.15, -0.1) is 0 Å². The minimum Gasteiger partial charge on any atom is -0.444 e. The van der Waals surface area contributed by atoms with E-state index in [1.807, 2.05) is 60.7 Å². The smallest absolute Gasteiger partial charge is 0.414 e. The fraction of sp³-hybridized carbons (Fsp3) is 0.182. The predicted octanol–water partition coefficient (Wildman–Crippen LogP) is 5.83. The number of benzene rings is 2. The Morgan fingerprint density at radius 3 is 2.07 bits per heavy atom. The molecule has 3 rings (SSSR count). The van der Waals surface area contributed by atoms with Crippen molar-refractivity contribution >= 4 is 12.0 Å². The number of furan rings is 1. The summed E-state index contributed by atoms with van der Waals surface area (Å²) < 4.78 is 11.2. The van der Waals surface area contributed by atoms with Crippen molar-refractivity contribution in [1.82, 2.24) is 0 Å². The van der Waals surface area contributed by atoms with E-state index in [1.165, 1.54) is 0 Å². The molecule has 5 nitrogen and oxygen atoms in total. The molecule has 0 bridgehead atoms. The molecule has 0 saturated carbocycles. The molecule has 3 aromatic rings. The van der Waals surface area contributed by atoms with Crippen LogP contribution in [0.3, 0.4) is 0 Å². The number of nitrogens with zero attached hydrogens (tertiary/aromatic N) is 1. The van der Waals surface area contributed by atoms with Gasteiger partial charge in [-0.3, -0.25) is 5.32 Å². The summed E-state index contributed by atoms with van der Waals surface area (Å²) in [5.41, 5.74) is 1.87. The number of ether oxygens (including phenoxy) is 1. The molecule has 0 radical (unpaired) electrons. The fourth-order valence-corrected chi connectivity index (χ4v) is 2.70. The zero-order valence-corrected chi connectivity index (χ0v) is 15.4. The van der Waals surface area contributed by atoms with Gasteiger partial charge in [0.1, 0.15) is 23.0 Å². The third-order valence-electron chi connectivity index (χ3n) is 3.73. The van der Waals surface area contributed by atoms with Crippen molar-refractivity contribution in [2.24, 2.45) is 0 Å². The van der Waals surface area contributed by atoms with Crippen molar-refractivity contribution in [3.63, 3.8) is 0 Å². The van der Waals surface area contributed by atoms with Crippen molar-refractivity contribution < 1.29 is 13.9 Å². The van der Waals surface area contributed by atoms with Gasteiger partial charge in [-0.1, -0.05) is 60.7 Å². The van der Waals surface area contributed by atoms with Crippen LogP contribution in [0.15, 0.2) is 65.1 Å². The standard InChI is InChI=1S/C22H20N2O3/c1-22(2,3)27-21(25)24-20-17(14-23)18(15-10-6-4-7-11-15)19(26-20)16-12-8-5-9-13-16/h4-13H,1-3H3,(H,24,25). The normalized spacial score (nSPS) is 10.9. The molecule has 0 aliphatic rings. The van der Waals surface area contributed by atoms with Crippen molar-refractivity contribution in [1.29, 1.82) is 5.26 Å². The van der Waals surface area contributed by atoms with Gasteiger partial charge in [-0.2, -0.15) is 5.26 Å². The summed E-state index contributed by atoms with van der Waals surface area (Å²) in [7, 11) is 0. The lowest BCUT2D eigenvalue weighted by Gasteiger charge is -2.19. The molecular weight excluding hydrogens is 340 g/mol. The molecule has 27 heavy (non-hydrogen) atoms. The molecule has 1 aromatic heterocycles. The molecule has 2 aromatic carbocycles. The van der Waals surface area contributed by atoms with E-state index in [2.05, 4.69) is 11.4 Å². The average molecular weight is 360 g/mol. The number of anilines is 1. The number of nitrogens with one attached hydrogen (secondary N) is 1. The lowest BCUT2D eigenvalue weighted by Crippen LogP contribution is -2.27. The molecule has 1 amide bonds. The predicted molar refractivity (Wildman–Crippen MR) is 104 cm³/mol. The SMILES string of the molecule is CC(C)(C)OC(=O)Nc1oc(-c2ccccc2)c(-c2ccccc2)c1C#N. The molecular formula is C22H20N2O3. The molecule has 0 saturated heterocycles. The number of carbonyl (C=O) groups excluding carboxylic acids is 1. The number of carbonyl (C=O) groups is 1. The minimum atomic E-state index is -0.674. The third-order valence-corrected chi connectivity index (χ3v) is 3.73. The van der Waals surface area contributed by atoms with E-state index in [-0.39, 0.29) is 11.4 Å². The topological polar surface area (TPSA) is 75.3 Å². The van der Waals surface area contributed by atoms with Gasteiger partial charge in [-0.25, -0.2) is 4.79 Å². The summed E-state index contributed by atoms with van der Waals surface area (Å²) in [6, 6.07) is 21.1. The highest BCUT2D eigenvalue weighted by Gasteiger charge is 2.25. The monoisotopic (exact) mass is 360 g/mol. The van der Waals surface area contributed by atoms with E-state index < -0.39 is 11.7 Å². The Labute approximate surface area is 158 Å². The Hall–Kier alpha value is -3.52. The maximum atomic E-state index is 12.2. The van der Waals surface area contributed by atoms with Crippen molar-refractivity contribution in [3.05, 3.63) is 66.2 Å². The summed E-state index contributed by atoms with van der Waals surface area (Å²) in [5, 5.41) is 12.3. The Morgan fingerprint density at radius 2 is 1.56 bits per heavy atom. The van der Waals surface area contributed by atoms with Crippen LogP contribution < -0.4 is 5.32 Å². The lowest BCUT2D eigenvalue weighted by atomic mass is 9.98. The first-order valence-corrected chi connectivity index (χ1v) is 8.57. The second-order valence-corrected chi connectivity index (χ2v) is 6.98. The quantitative estimate of drug-likeness (QED) is 0.637. The number of nitriles is 1. The van der Waals surface area contributed by atoms with Crippen LogP contribution in [-0.2, 0) is 4.74 Å². The van der Waals surface area contributed by atoms with Crippen LogP contribution in [0, 0.1) is 11.3 Å². The first-order chi connectivity index (χ1) is 12.9. The minimum absolute atomic E-state index is 0.0736. The first-order valence-electron chi connectivity index (χ1n) is 8.57. The van der Waals surface area contributed by atoms with E-state index in [4.69, 9.17) is 9.15 Å². The number of hydrogen-bond donors (Lipinski definition) is 1. The van der Waals surface area contributed by atoms with E-state index in [9.17, 15) is 10.1 Å². The van der Waals surface area contributed by atoms with E-state index in [1.54, 1.807) is 20.8 Å². The van der Waals surface area contributed by atoms with Gasteiger partial charge in [0.15, 0.2) is 0 Å². The van der Waals surface area contributed by atoms with Crippen molar-refractivity contribution in [3.8, 4) is 28.5 Å². The van der Waals surface area contributed by atoms with Crippen LogP contribution in [0.2, 0.25) is 0 Å². The van der Waals surface area contributed by atoms with Crippen LogP contribution in [-0.4, -0.2) is 11.7 Å². The molecule has 0 aliphatic heterocycles. The van der Waals surface area contributed by atoms with Crippen LogP contribution in [0.1, 0.15) is 26.3 Å². The van der Waals surface area contributed by atoms with Crippen molar-refractivity contribution in [2.45, 2.75) is 26.4 Å². The molecule has 0 aliphatic carbocycles. The van der Waals surface area contributed by atoms with Gasteiger partial charge in [0, 0.05) is 11.1 Å². The van der Waals surface area contributed by atoms with Gasteiger partial charge in [0.25, 0.3) is 0 Å². The second kappa shape index (κ2) is 7.38. The van der Waals surface area contributed by atoms with E-state index in [0.29, 0.717) is 11.3 Å². The van der Waals surface area contributed by atoms with Crippen LogP contribution in [0.25, 0.3) is 22.5 Å². The average Bonchev–Trinajstić information content (AvgIpc) is 2.99. The van der Waals surface area contributed by atoms with E-state index in [0.717, 1.165) is 11.1 Å². The molecule has 0 unspecified atom stereocenters. The molecule has 0 spiro atoms. The highest BCUT2D eigenvalue weighted by atomic mass is 16.6. The summed E-state index contributed by atoms with van der Waals surface area (Å²) in [4.78, 5) is 12.2. The zero-order chi connectivity index (χ0) is 19.4. The largest absolute Gasteiger partial charge is 0.444 e. The zero-order valence-electron chi connectivity index (χ0n) is 15.4. The molecule has 136 valence electrons. The maximum absolute atomic E-state index is 12.2. The summed E-state index contributed by atoms with van der Waals surface area (Å²) in [6.07, 6.45) is -0.674. The summed E-state index contributed by atoms with van der Waals surface area (Å²) >= 11 is 0.